The van der Waals surface area contributed by atoms with Gasteiger partial charge in [0.25, 0.3) is 0 Å². The van der Waals surface area contributed by atoms with E-state index in [4.69, 9.17) is 9.73 Å². The third kappa shape index (κ3) is 7.63. The SMILES string of the molecule is CCNC(=NCc1cccc(OC)c1O)N1CCN(CC(=O)N2CC(C)CC(C)C2)CC1.I. The van der Waals surface area contributed by atoms with Crippen molar-refractivity contribution in [2.75, 3.05) is 59.5 Å². The van der Waals surface area contributed by atoms with E-state index in [9.17, 15) is 9.90 Å². The van der Waals surface area contributed by atoms with Gasteiger partial charge in [-0.1, -0.05) is 26.0 Å². The number of ether oxygens (including phenoxy) is 1. The van der Waals surface area contributed by atoms with Crippen LogP contribution in [0.2, 0.25) is 0 Å². The summed E-state index contributed by atoms with van der Waals surface area (Å²) >= 11 is 0. The molecule has 3 rings (SSSR count). The average Bonchev–Trinajstić information content (AvgIpc) is 2.77. The molecular weight excluding hydrogens is 533 g/mol. The number of nitrogens with one attached hydrogen (secondary N) is 1. The van der Waals surface area contributed by atoms with E-state index in [1.54, 1.807) is 13.2 Å². The third-order valence-electron chi connectivity index (χ3n) is 6.29. The zero-order valence-electron chi connectivity index (χ0n) is 20.4. The van der Waals surface area contributed by atoms with Crippen LogP contribution in [0.15, 0.2) is 23.2 Å². The highest BCUT2D eigenvalue weighted by molar-refractivity contribution is 14.0. The number of aliphatic imine (C=N–C) groups is 1. The first kappa shape index (κ1) is 27.5. The van der Waals surface area contributed by atoms with Gasteiger partial charge in [-0.3, -0.25) is 9.69 Å². The second kappa shape index (κ2) is 13.2. The summed E-state index contributed by atoms with van der Waals surface area (Å²) in [6.07, 6.45) is 1.21. The Labute approximate surface area is 215 Å². The molecule has 0 aliphatic carbocycles. The number of nitrogens with zero attached hydrogens (tertiary/aromatic N) is 4. The van der Waals surface area contributed by atoms with Crippen LogP contribution in [0.1, 0.15) is 32.8 Å². The summed E-state index contributed by atoms with van der Waals surface area (Å²) in [4.78, 5) is 24.1. The van der Waals surface area contributed by atoms with E-state index >= 15 is 0 Å². The van der Waals surface area contributed by atoms with Gasteiger partial charge in [-0.25, -0.2) is 4.99 Å². The molecule has 0 spiro atoms. The van der Waals surface area contributed by atoms with Crippen molar-refractivity contribution in [2.45, 2.75) is 33.7 Å². The summed E-state index contributed by atoms with van der Waals surface area (Å²) in [5.74, 6) is 2.85. The molecule has 8 nitrogen and oxygen atoms in total. The summed E-state index contributed by atoms with van der Waals surface area (Å²) in [7, 11) is 1.54. The van der Waals surface area contributed by atoms with Gasteiger partial charge in [-0.15, -0.1) is 24.0 Å². The van der Waals surface area contributed by atoms with Crippen molar-refractivity contribution in [3.8, 4) is 11.5 Å². The lowest BCUT2D eigenvalue weighted by Crippen LogP contribution is -2.55. The first-order valence-corrected chi connectivity index (χ1v) is 11.8. The number of piperidine rings is 1. The topological polar surface area (TPSA) is 80.6 Å². The Hall–Kier alpha value is -1.75. The van der Waals surface area contributed by atoms with Crippen LogP contribution in [0.5, 0.6) is 11.5 Å². The number of hydrogen-bond donors (Lipinski definition) is 2. The number of likely N-dealkylation sites (tertiary alicyclic amines) is 1. The molecular formula is C24H40IN5O3. The molecule has 0 saturated carbocycles. The number of aromatic hydroxyl groups is 1. The summed E-state index contributed by atoms with van der Waals surface area (Å²) in [6.45, 7) is 13.2. The fourth-order valence-corrected chi connectivity index (χ4v) is 4.72. The number of amides is 1. The monoisotopic (exact) mass is 573 g/mol. The van der Waals surface area contributed by atoms with Crippen molar-refractivity contribution in [1.82, 2.24) is 20.0 Å². The number of piperazine rings is 1. The zero-order valence-corrected chi connectivity index (χ0v) is 22.7. The molecule has 0 bridgehead atoms. The van der Waals surface area contributed by atoms with Gasteiger partial charge in [-0.2, -0.15) is 0 Å². The summed E-state index contributed by atoms with van der Waals surface area (Å²) in [5, 5.41) is 13.7. The fourth-order valence-electron chi connectivity index (χ4n) is 4.72. The van der Waals surface area contributed by atoms with Crippen LogP contribution in [0.3, 0.4) is 0 Å². The number of methoxy groups -OCH3 is 1. The minimum atomic E-state index is 0. The minimum absolute atomic E-state index is 0. The lowest BCUT2D eigenvalue weighted by molar-refractivity contribution is -0.135. The Balaban J connectivity index is 0.00000385. The molecule has 2 aliphatic rings. The fraction of sp³-hybridized carbons (Fsp3) is 0.667. The zero-order chi connectivity index (χ0) is 23.1. The molecule has 33 heavy (non-hydrogen) atoms. The van der Waals surface area contributed by atoms with Crippen LogP contribution in [0, 0.1) is 11.8 Å². The molecule has 1 aromatic rings. The van der Waals surface area contributed by atoms with Crippen molar-refractivity contribution < 1.29 is 14.6 Å². The lowest BCUT2D eigenvalue weighted by atomic mass is 9.92. The molecule has 2 N–H and O–H groups in total. The van der Waals surface area contributed by atoms with Gasteiger partial charge in [0.1, 0.15) is 0 Å². The molecule has 2 fully saturated rings. The Bertz CT molecular complexity index is 788. The molecule has 1 amide bonds. The van der Waals surface area contributed by atoms with Crippen LogP contribution in [0.25, 0.3) is 0 Å². The van der Waals surface area contributed by atoms with E-state index in [1.807, 2.05) is 19.1 Å². The van der Waals surface area contributed by atoms with E-state index in [2.05, 4.69) is 33.9 Å². The molecule has 2 atom stereocenters. The van der Waals surface area contributed by atoms with Gasteiger partial charge in [0.2, 0.25) is 5.91 Å². The molecule has 2 unspecified atom stereocenters. The number of rotatable bonds is 6. The second-order valence-electron chi connectivity index (χ2n) is 9.15. The molecule has 2 heterocycles. The Morgan fingerprint density at radius 1 is 1.15 bits per heavy atom. The van der Waals surface area contributed by atoms with Crippen molar-refractivity contribution >= 4 is 35.8 Å². The van der Waals surface area contributed by atoms with Crippen molar-refractivity contribution in [1.29, 1.82) is 0 Å². The summed E-state index contributed by atoms with van der Waals surface area (Å²) in [6, 6.07) is 5.45. The maximum Gasteiger partial charge on any atom is 0.236 e. The first-order valence-electron chi connectivity index (χ1n) is 11.8. The third-order valence-corrected chi connectivity index (χ3v) is 6.29. The van der Waals surface area contributed by atoms with Crippen LogP contribution in [-0.4, -0.2) is 91.1 Å². The first-order chi connectivity index (χ1) is 15.4. The molecule has 2 aliphatic heterocycles. The second-order valence-corrected chi connectivity index (χ2v) is 9.15. The van der Waals surface area contributed by atoms with E-state index in [0.29, 0.717) is 30.7 Å². The molecule has 0 radical (unpaired) electrons. The number of halogens is 1. The number of phenolic OH excluding ortho intramolecular Hbond substituents is 1. The Morgan fingerprint density at radius 2 is 1.82 bits per heavy atom. The highest BCUT2D eigenvalue weighted by Gasteiger charge is 2.28. The van der Waals surface area contributed by atoms with Crippen LogP contribution in [0.4, 0.5) is 0 Å². The molecule has 0 aromatic heterocycles. The Morgan fingerprint density at radius 3 is 2.42 bits per heavy atom. The van der Waals surface area contributed by atoms with E-state index < -0.39 is 0 Å². The number of para-hydroxylation sites is 1. The van der Waals surface area contributed by atoms with Crippen LogP contribution >= 0.6 is 24.0 Å². The van der Waals surface area contributed by atoms with Gasteiger partial charge < -0.3 is 25.0 Å². The molecule has 9 heteroatoms. The molecule has 186 valence electrons. The van der Waals surface area contributed by atoms with Gasteiger partial charge in [0.15, 0.2) is 17.5 Å². The molecule has 2 saturated heterocycles. The lowest BCUT2D eigenvalue weighted by Gasteiger charge is -2.39. The van der Waals surface area contributed by atoms with Crippen LogP contribution < -0.4 is 10.1 Å². The van der Waals surface area contributed by atoms with Crippen LogP contribution in [-0.2, 0) is 11.3 Å². The standard InChI is InChI=1S/C24H39N5O3.HI/c1-5-25-24(26-14-20-7-6-8-21(32-4)23(20)31)28-11-9-27(10-12-28)17-22(30)29-15-18(2)13-19(3)16-29;/h6-8,18-19,31H,5,9-17H2,1-4H3,(H,25,26);1H. The van der Waals surface area contributed by atoms with Crippen molar-refractivity contribution in [2.24, 2.45) is 16.8 Å². The van der Waals surface area contributed by atoms with E-state index in [1.165, 1.54) is 6.42 Å². The summed E-state index contributed by atoms with van der Waals surface area (Å²) < 4.78 is 5.19. The largest absolute Gasteiger partial charge is 0.504 e. The van der Waals surface area contributed by atoms with Gasteiger partial charge in [0.05, 0.1) is 20.2 Å². The molecule has 1 aromatic carbocycles. The Kier molecular flexibility index (Phi) is 11.0. The highest BCUT2D eigenvalue weighted by Crippen LogP contribution is 2.29. The summed E-state index contributed by atoms with van der Waals surface area (Å²) in [5.41, 5.74) is 0.731. The minimum Gasteiger partial charge on any atom is -0.504 e. The predicted octanol–water partition coefficient (Wildman–Crippen LogP) is 2.61. The van der Waals surface area contributed by atoms with Crippen molar-refractivity contribution in [3.63, 3.8) is 0 Å². The average molecular weight is 574 g/mol. The maximum atomic E-state index is 12.8. The quantitative estimate of drug-likeness (QED) is 0.310. The maximum absolute atomic E-state index is 12.8. The normalized spacial score (nSPS) is 22.0. The number of guanidine groups is 1. The predicted molar refractivity (Wildman–Crippen MR) is 142 cm³/mol. The van der Waals surface area contributed by atoms with Gasteiger partial charge >= 0.3 is 0 Å². The van der Waals surface area contributed by atoms with Gasteiger partial charge in [0, 0.05) is 51.4 Å². The number of carbonyl (C=O) groups excluding carboxylic acids is 1. The smallest absolute Gasteiger partial charge is 0.236 e. The van der Waals surface area contributed by atoms with E-state index in [0.717, 1.165) is 57.3 Å². The number of benzene rings is 1. The number of carbonyl (C=O) groups is 1. The van der Waals surface area contributed by atoms with Crippen molar-refractivity contribution in [3.05, 3.63) is 23.8 Å². The number of phenols is 1. The number of hydrogen-bond acceptors (Lipinski definition) is 5. The highest BCUT2D eigenvalue weighted by atomic mass is 127. The van der Waals surface area contributed by atoms with Gasteiger partial charge in [-0.05, 0) is 31.2 Å². The van der Waals surface area contributed by atoms with E-state index in [-0.39, 0.29) is 35.6 Å².